The summed E-state index contributed by atoms with van der Waals surface area (Å²) >= 11 is 0. The predicted molar refractivity (Wildman–Crippen MR) is 113 cm³/mol. The molecule has 0 atom stereocenters. The zero-order chi connectivity index (χ0) is 19.1. The molecule has 0 radical (unpaired) electrons. The highest BCUT2D eigenvalue weighted by Crippen LogP contribution is 2.19. The molecule has 3 rings (SSSR count). The van der Waals surface area contributed by atoms with Gasteiger partial charge in [0.2, 0.25) is 5.91 Å². The molecule has 0 saturated heterocycles. The molecule has 0 heterocycles. The molecule has 3 aromatic carbocycles. The van der Waals surface area contributed by atoms with Gasteiger partial charge in [-0.1, -0.05) is 54.6 Å². The van der Waals surface area contributed by atoms with Crippen LogP contribution >= 0.6 is 0 Å². The maximum Gasteiger partial charge on any atom is 0.244 e. The molecule has 0 aliphatic rings. The van der Waals surface area contributed by atoms with Crippen LogP contribution in [0.5, 0.6) is 0 Å². The fraction of sp³-hybridized carbons (Fsp3) is 0.217. The van der Waals surface area contributed by atoms with Crippen LogP contribution in [-0.2, 0) is 11.2 Å². The number of nitrogens with zero attached hydrogens (tertiary/aromatic N) is 2. The SMILES string of the molecule is CCN(CC)c1ccc(/C=N\NC(=O)Cc2cccc3ccccc23)cc1. The molecule has 1 N–H and O–H groups in total. The van der Waals surface area contributed by atoms with Crippen LogP contribution in [0.15, 0.2) is 71.8 Å². The summed E-state index contributed by atoms with van der Waals surface area (Å²) in [6, 6.07) is 22.3. The molecule has 138 valence electrons. The molecule has 0 aromatic heterocycles. The van der Waals surface area contributed by atoms with Crippen molar-refractivity contribution in [3.05, 3.63) is 77.9 Å². The molecule has 0 fully saturated rings. The van der Waals surface area contributed by atoms with Crippen LogP contribution < -0.4 is 10.3 Å². The van der Waals surface area contributed by atoms with Crippen LogP contribution in [0.3, 0.4) is 0 Å². The first kappa shape index (κ1) is 18.6. The molecule has 0 unspecified atom stereocenters. The Morgan fingerprint density at radius 3 is 2.41 bits per heavy atom. The van der Waals surface area contributed by atoms with E-state index in [1.807, 2.05) is 42.5 Å². The molecule has 27 heavy (non-hydrogen) atoms. The molecule has 0 aliphatic carbocycles. The van der Waals surface area contributed by atoms with Crippen molar-refractivity contribution in [2.75, 3.05) is 18.0 Å². The normalized spacial score (nSPS) is 11.0. The summed E-state index contributed by atoms with van der Waals surface area (Å²) in [5, 5.41) is 6.34. The number of nitrogens with one attached hydrogen (secondary N) is 1. The number of carbonyl (C=O) groups excluding carboxylic acids is 1. The fourth-order valence-corrected chi connectivity index (χ4v) is 3.20. The Balaban J connectivity index is 1.60. The van der Waals surface area contributed by atoms with E-state index in [4.69, 9.17) is 0 Å². The smallest absolute Gasteiger partial charge is 0.244 e. The van der Waals surface area contributed by atoms with Crippen LogP contribution in [-0.4, -0.2) is 25.2 Å². The number of hydrogen-bond acceptors (Lipinski definition) is 3. The van der Waals surface area contributed by atoms with E-state index >= 15 is 0 Å². The summed E-state index contributed by atoms with van der Waals surface area (Å²) in [6.45, 7) is 6.25. The molecule has 4 nitrogen and oxygen atoms in total. The molecule has 3 aromatic rings. The molecular formula is C23H25N3O. The summed E-state index contributed by atoms with van der Waals surface area (Å²) in [6.07, 6.45) is 1.98. The van der Waals surface area contributed by atoms with Crippen LogP contribution in [0.4, 0.5) is 5.69 Å². The summed E-state index contributed by atoms with van der Waals surface area (Å²) in [5.41, 5.74) is 5.77. The lowest BCUT2D eigenvalue weighted by Crippen LogP contribution is -2.21. The maximum absolute atomic E-state index is 12.2. The highest BCUT2D eigenvalue weighted by Gasteiger charge is 2.06. The minimum absolute atomic E-state index is 0.123. The van der Waals surface area contributed by atoms with Crippen molar-refractivity contribution in [3.63, 3.8) is 0 Å². The van der Waals surface area contributed by atoms with Gasteiger partial charge in [0.1, 0.15) is 0 Å². The first-order valence-electron chi connectivity index (χ1n) is 9.34. The lowest BCUT2D eigenvalue weighted by atomic mass is 10.0. The van der Waals surface area contributed by atoms with Crippen LogP contribution in [0, 0.1) is 0 Å². The van der Waals surface area contributed by atoms with Crippen molar-refractivity contribution in [1.29, 1.82) is 0 Å². The van der Waals surface area contributed by atoms with E-state index in [0.29, 0.717) is 6.42 Å². The lowest BCUT2D eigenvalue weighted by molar-refractivity contribution is -0.120. The molecule has 0 aliphatic heterocycles. The molecule has 0 spiro atoms. The Morgan fingerprint density at radius 2 is 1.67 bits per heavy atom. The van der Waals surface area contributed by atoms with Crippen LogP contribution in [0.1, 0.15) is 25.0 Å². The second-order valence-electron chi connectivity index (χ2n) is 6.37. The van der Waals surface area contributed by atoms with Crippen molar-refractivity contribution < 1.29 is 4.79 Å². The average molecular weight is 359 g/mol. The number of amides is 1. The highest BCUT2D eigenvalue weighted by atomic mass is 16.2. The van der Waals surface area contributed by atoms with Crippen molar-refractivity contribution in [2.45, 2.75) is 20.3 Å². The van der Waals surface area contributed by atoms with Gasteiger partial charge in [0.05, 0.1) is 12.6 Å². The van der Waals surface area contributed by atoms with Crippen molar-refractivity contribution >= 4 is 28.6 Å². The zero-order valence-corrected chi connectivity index (χ0v) is 15.9. The van der Waals surface area contributed by atoms with Crippen LogP contribution in [0.2, 0.25) is 0 Å². The van der Waals surface area contributed by atoms with Crippen LogP contribution in [0.25, 0.3) is 10.8 Å². The van der Waals surface area contributed by atoms with Gasteiger partial charge in [0.15, 0.2) is 0 Å². The zero-order valence-electron chi connectivity index (χ0n) is 15.9. The third-order valence-corrected chi connectivity index (χ3v) is 4.66. The Labute approximate surface area is 160 Å². The monoisotopic (exact) mass is 359 g/mol. The quantitative estimate of drug-likeness (QED) is 0.503. The van der Waals surface area contributed by atoms with Gasteiger partial charge in [-0.2, -0.15) is 5.10 Å². The summed E-state index contributed by atoms with van der Waals surface area (Å²) in [5.74, 6) is -0.123. The second kappa shape index (κ2) is 8.99. The summed E-state index contributed by atoms with van der Waals surface area (Å²) in [7, 11) is 0. The number of hydrogen-bond donors (Lipinski definition) is 1. The van der Waals surface area contributed by atoms with E-state index in [1.165, 1.54) is 5.69 Å². The van der Waals surface area contributed by atoms with Gasteiger partial charge in [-0.15, -0.1) is 0 Å². The van der Waals surface area contributed by atoms with Gasteiger partial charge in [0.25, 0.3) is 0 Å². The third kappa shape index (κ3) is 4.73. The molecule has 0 bridgehead atoms. The van der Waals surface area contributed by atoms with Gasteiger partial charge in [-0.3, -0.25) is 4.79 Å². The van der Waals surface area contributed by atoms with Crippen molar-refractivity contribution in [2.24, 2.45) is 5.10 Å². The lowest BCUT2D eigenvalue weighted by Gasteiger charge is -2.20. The first-order valence-corrected chi connectivity index (χ1v) is 9.34. The predicted octanol–water partition coefficient (Wildman–Crippen LogP) is 4.38. The van der Waals surface area contributed by atoms with Gasteiger partial charge in [0, 0.05) is 18.8 Å². The number of carbonyl (C=O) groups is 1. The first-order chi connectivity index (χ1) is 13.2. The van der Waals surface area contributed by atoms with E-state index in [1.54, 1.807) is 6.21 Å². The molecular weight excluding hydrogens is 334 g/mol. The average Bonchev–Trinajstić information content (AvgIpc) is 2.70. The minimum Gasteiger partial charge on any atom is -0.372 e. The molecule has 0 saturated carbocycles. The van der Waals surface area contributed by atoms with E-state index in [0.717, 1.165) is 35.0 Å². The van der Waals surface area contributed by atoms with Crippen molar-refractivity contribution in [1.82, 2.24) is 5.43 Å². The maximum atomic E-state index is 12.2. The van der Waals surface area contributed by atoms with Gasteiger partial charge < -0.3 is 4.90 Å². The number of rotatable bonds is 7. The highest BCUT2D eigenvalue weighted by molar-refractivity contribution is 5.90. The van der Waals surface area contributed by atoms with Gasteiger partial charge in [-0.05, 0) is 47.9 Å². The number of benzene rings is 3. The Bertz CT molecular complexity index is 923. The molecule has 1 amide bonds. The summed E-state index contributed by atoms with van der Waals surface area (Å²) in [4.78, 5) is 14.5. The standard InChI is InChI=1S/C23H25N3O/c1-3-26(4-2)21-14-12-18(13-15-21)17-24-25-23(27)16-20-10-7-9-19-8-5-6-11-22(19)20/h5-15,17H,3-4,16H2,1-2H3,(H,25,27)/b24-17-. The second-order valence-corrected chi connectivity index (χ2v) is 6.37. The van der Waals surface area contributed by atoms with Gasteiger partial charge in [-0.25, -0.2) is 5.43 Å². The van der Waals surface area contributed by atoms with E-state index in [-0.39, 0.29) is 5.91 Å². The number of hydrazone groups is 1. The fourth-order valence-electron chi connectivity index (χ4n) is 3.20. The Kier molecular flexibility index (Phi) is 6.21. The van der Waals surface area contributed by atoms with E-state index in [9.17, 15) is 4.79 Å². The Hall–Kier alpha value is -3.14. The van der Waals surface area contributed by atoms with E-state index in [2.05, 4.69) is 53.5 Å². The summed E-state index contributed by atoms with van der Waals surface area (Å²) < 4.78 is 0. The minimum atomic E-state index is -0.123. The van der Waals surface area contributed by atoms with E-state index < -0.39 is 0 Å². The van der Waals surface area contributed by atoms with Gasteiger partial charge >= 0.3 is 0 Å². The number of anilines is 1. The topological polar surface area (TPSA) is 44.7 Å². The molecule has 4 heteroatoms. The third-order valence-electron chi connectivity index (χ3n) is 4.66. The van der Waals surface area contributed by atoms with Crippen molar-refractivity contribution in [3.8, 4) is 0 Å². The Morgan fingerprint density at radius 1 is 0.963 bits per heavy atom. The largest absolute Gasteiger partial charge is 0.372 e. The number of fused-ring (bicyclic) bond motifs is 1.